The van der Waals surface area contributed by atoms with Crippen LogP contribution < -0.4 is 5.32 Å². The van der Waals surface area contributed by atoms with Gasteiger partial charge in [0.25, 0.3) is 0 Å². The summed E-state index contributed by atoms with van der Waals surface area (Å²) < 4.78 is 5.47. The van der Waals surface area contributed by atoms with E-state index in [2.05, 4.69) is 5.32 Å². The van der Waals surface area contributed by atoms with Crippen molar-refractivity contribution in [3.63, 3.8) is 0 Å². The maximum Gasteiger partial charge on any atom is 0.329 e. The van der Waals surface area contributed by atoms with E-state index in [1.54, 1.807) is 6.92 Å². The van der Waals surface area contributed by atoms with Gasteiger partial charge in [-0.15, -0.1) is 0 Å². The number of hydrogen-bond donors (Lipinski definition) is 3. The summed E-state index contributed by atoms with van der Waals surface area (Å²) in [5.41, 5.74) is -1.21. The standard InChI is InChI=1S/C13H22N2O5/c1-8-5-15(6-10(7-16)20-8)12(19)14-13(2,11(17)18)9-3-4-9/h8-10,16H,3-7H2,1-2H3,(H,14,19)(H,17,18). The molecule has 1 saturated heterocycles. The van der Waals surface area contributed by atoms with Crippen LogP contribution in [-0.4, -0.2) is 64.6 Å². The molecule has 2 aliphatic rings. The molecule has 0 spiro atoms. The summed E-state index contributed by atoms with van der Waals surface area (Å²) in [5, 5.41) is 21.1. The maximum absolute atomic E-state index is 12.3. The highest BCUT2D eigenvalue weighted by Crippen LogP contribution is 2.39. The monoisotopic (exact) mass is 286 g/mol. The molecule has 3 atom stereocenters. The molecule has 0 aromatic rings. The van der Waals surface area contributed by atoms with E-state index in [9.17, 15) is 14.7 Å². The Hall–Kier alpha value is -1.34. The number of amides is 2. The zero-order valence-electron chi connectivity index (χ0n) is 11.8. The van der Waals surface area contributed by atoms with Crippen LogP contribution in [0.15, 0.2) is 0 Å². The summed E-state index contributed by atoms with van der Waals surface area (Å²) >= 11 is 0. The summed E-state index contributed by atoms with van der Waals surface area (Å²) in [6.45, 7) is 3.88. The molecule has 0 aromatic carbocycles. The first-order chi connectivity index (χ1) is 9.36. The Bertz CT molecular complexity index is 398. The lowest BCUT2D eigenvalue weighted by molar-refractivity contribution is -0.144. The zero-order chi connectivity index (χ0) is 14.9. The minimum Gasteiger partial charge on any atom is -0.480 e. The average Bonchev–Trinajstić information content (AvgIpc) is 3.22. The van der Waals surface area contributed by atoms with E-state index in [4.69, 9.17) is 9.84 Å². The Balaban J connectivity index is 2.01. The van der Waals surface area contributed by atoms with Gasteiger partial charge in [0.2, 0.25) is 0 Å². The van der Waals surface area contributed by atoms with Crippen LogP contribution in [0.3, 0.4) is 0 Å². The van der Waals surface area contributed by atoms with Gasteiger partial charge >= 0.3 is 12.0 Å². The van der Waals surface area contributed by atoms with Gasteiger partial charge in [-0.25, -0.2) is 9.59 Å². The number of morpholine rings is 1. The van der Waals surface area contributed by atoms with Crippen LogP contribution in [0.2, 0.25) is 0 Å². The molecule has 1 heterocycles. The fourth-order valence-corrected chi connectivity index (χ4v) is 2.60. The molecule has 7 nitrogen and oxygen atoms in total. The van der Waals surface area contributed by atoms with Crippen LogP contribution in [-0.2, 0) is 9.53 Å². The third-order valence-electron chi connectivity index (χ3n) is 4.02. The molecular formula is C13H22N2O5. The van der Waals surface area contributed by atoms with Crippen molar-refractivity contribution in [2.24, 2.45) is 5.92 Å². The van der Waals surface area contributed by atoms with Gasteiger partial charge in [0, 0.05) is 6.54 Å². The lowest BCUT2D eigenvalue weighted by Crippen LogP contribution is -2.60. The number of ether oxygens (including phenoxy) is 1. The highest BCUT2D eigenvalue weighted by atomic mass is 16.5. The molecule has 1 aliphatic carbocycles. The van der Waals surface area contributed by atoms with E-state index in [0.717, 1.165) is 12.8 Å². The normalized spacial score (nSPS) is 29.6. The van der Waals surface area contributed by atoms with Gasteiger partial charge in [-0.1, -0.05) is 0 Å². The van der Waals surface area contributed by atoms with Crippen molar-refractivity contribution in [1.29, 1.82) is 0 Å². The first kappa shape index (κ1) is 15.1. The third-order valence-corrected chi connectivity index (χ3v) is 4.02. The number of hydrogen-bond acceptors (Lipinski definition) is 4. The van der Waals surface area contributed by atoms with E-state index < -0.39 is 23.6 Å². The summed E-state index contributed by atoms with van der Waals surface area (Å²) in [6.07, 6.45) is 1.05. The summed E-state index contributed by atoms with van der Waals surface area (Å²) in [5.74, 6) is -1.01. The number of aliphatic hydroxyl groups excluding tert-OH is 1. The van der Waals surface area contributed by atoms with Gasteiger partial charge < -0.3 is 25.2 Å². The Morgan fingerprint density at radius 2 is 2.05 bits per heavy atom. The molecule has 20 heavy (non-hydrogen) atoms. The van der Waals surface area contributed by atoms with Gasteiger partial charge in [-0.2, -0.15) is 0 Å². The predicted octanol–water partition coefficient (Wildman–Crippen LogP) is 0.0309. The minimum atomic E-state index is -1.21. The molecule has 2 fully saturated rings. The molecular weight excluding hydrogens is 264 g/mol. The van der Waals surface area contributed by atoms with Crippen LogP contribution in [0.25, 0.3) is 0 Å². The van der Waals surface area contributed by atoms with Crippen molar-refractivity contribution in [1.82, 2.24) is 10.2 Å². The molecule has 0 aromatic heterocycles. The lowest BCUT2D eigenvalue weighted by Gasteiger charge is -2.38. The molecule has 0 bridgehead atoms. The van der Waals surface area contributed by atoms with Gasteiger partial charge in [0.05, 0.1) is 25.4 Å². The Kier molecular flexibility index (Phi) is 4.19. The SMILES string of the molecule is CC1CN(C(=O)NC(C)(C(=O)O)C2CC2)CC(CO)O1. The van der Waals surface area contributed by atoms with Gasteiger partial charge in [-0.05, 0) is 32.6 Å². The van der Waals surface area contributed by atoms with Crippen LogP contribution in [0, 0.1) is 5.92 Å². The molecule has 0 radical (unpaired) electrons. The van der Waals surface area contributed by atoms with Crippen molar-refractivity contribution >= 4 is 12.0 Å². The quantitative estimate of drug-likeness (QED) is 0.677. The van der Waals surface area contributed by atoms with E-state index in [1.807, 2.05) is 6.92 Å². The molecule has 1 aliphatic heterocycles. The summed E-state index contributed by atoms with van der Waals surface area (Å²) in [4.78, 5) is 25.2. The second kappa shape index (κ2) is 5.57. The highest BCUT2D eigenvalue weighted by Gasteiger charge is 2.49. The minimum absolute atomic E-state index is 0.00365. The Morgan fingerprint density at radius 3 is 2.55 bits per heavy atom. The topological polar surface area (TPSA) is 99.1 Å². The second-order valence-corrected chi connectivity index (χ2v) is 5.87. The zero-order valence-corrected chi connectivity index (χ0v) is 11.8. The number of nitrogens with zero attached hydrogens (tertiary/aromatic N) is 1. The Morgan fingerprint density at radius 1 is 1.40 bits per heavy atom. The van der Waals surface area contributed by atoms with Crippen molar-refractivity contribution in [2.75, 3.05) is 19.7 Å². The molecule has 2 rings (SSSR count). The Labute approximate surface area is 117 Å². The number of aliphatic carboxylic acids is 1. The van der Waals surface area contributed by atoms with Gasteiger partial charge in [0.1, 0.15) is 5.54 Å². The van der Waals surface area contributed by atoms with Crippen LogP contribution in [0.4, 0.5) is 4.79 Å². The molecule has 3 N–H and O–H groups in total. The summed E-state index contributed by atoms with van der Waals surface area (Å²) in [6, 6.07) is -0.407. The van der Waals surface area contributed by atoms with E-state index in [1.165, 1.54) is 4.90 Å². The third kappa shape index (κ3) is 3.04. The molecule has 1 saturated carbocycles. The number of carbonyl (C=O) groups excluding carboxylic acids is 1. The highest BCUT2D eigenvalue weighted by molar-refractivity contribution is 5.86. The van der Waals surface area contributed by atoms with Gasteiger partial charge in [0.15, 0.2) is 0 Å². The predicted molar refractivity (Wildman–Crippen MR) is 70.3 cm³/mol. The first-order valence-corrected chi connectivity index (χ1v) is 6.93. The van der Waals surface area contributed by atoms with Gasteiger partial charge in [-0.3, -0.25) is 0 Å². The van der Waals surface area contributed by atoms with Crippen molar-refractivity contribution in [2.45, 2.75) is 44.4 Å². The van der Waals surface area contributed by atoms with Crippen molar-refractivity contribution in [3.8, 4) is 0 Å². The lowest BCUT2D eigenvalue weighted by atomic mass is 9.96. The number of carboxylic acid groups (broad SMARTS) is 1. The molecule has 2 amide bonds. The van der Waals surface area contributed by atoms with Crippen LogP contribution in [0.1, 0.15) is 26.7 Å². The van der Waals surface area contributed by atoms with Crippen LogP contribution >= 0.6 is 0 Å². The molecule has 3 unspecified atom stereocenters. The van der Waals surface area contributed by atoms with Crippen molar-refractivity contribution < 1.29 is 24.5 Å². The number of carbonyl (C=O) groups is 2. The first-order valence-electron chi connectivity index (χ1n) is 6.93. The number of rotatable bonds is 4. The maximum atomic E-state index is 12.3. The van der Waals surface area contributed by atoms with E-state index in [0.29, 0.717) is 6.54 Å². The second-order valence-electron chi connectivity index (χ2n) is 5.87. The fraction of sp³-hybridized carbons (Fsp3) is 0.846. The smallest absolute Gasteiger partial charge is 0.329 e. The molecule has 114 valence electrons. The average molecular weight is 286 g/mol. The van der Waals surface area contributed by atoms with E-state index >= 15 is 0 Å². The van der Waals surface area contributed by atoms with Crippen molar-refractivity contribution in [3.05, 3.63) is 0 Å². The summed E-state index contributed by atoms with van der Waals surface area (Å²) in [7, 11) is 0. The number of urea groups is 1. The largest absolute Gasteiger partial charge is 0.480 e. The van der Waals surface area contributed by atoms with Crippen LogP contribution in [0.5, 0.6) is 0 Å². The number of nitrogens with one attached hydrogen (secondary N) is 1. The number of carboxylic acids is 1. The molecule has 7 heteroatoms. The number of aliphatic hydroxyl groups is 1. The van der Waals surface area contributed by atoms with E-state index in [-0.39, 0.29) is 25.2 Å². The fourth-order valence-electron chi connectivity index (χ4n) is 2.60.